The van der Waals surface area contributed by atoms with Gasteiger partial charge in [0.25, 0.3) is 0 Å². The molecule has 0 aliphatic carbocycles. The van der Waals surface area contributed by atoms with Gasteiger partial charge in [0.2, 0.25) is 0 Å². The highest BCUT2D eigenvalue weighted by molar-refractivity contribution is 7.81. The Kier molecular flexibility index (Phi) is 2.57. The molecule has 1 aliphatic rings. The van der Waals surface area contributed by atoms with E-state index in [0.717, 1.165) is 0 Å². The molecule has 76 valence electrons. The quantitative estimate of drug-likeness (QED) is 0.549. The van der Waals surface area contributed by atoms with Gasteiger partial charge in [0.1, 0.15) is 0 Å². The summed E-state index contributed by atoms with van der Waals surface area (Å²) >= 11 is 0. The number of hydrogen-bond acceptors (Lipinski definition) is 7. The van der Waals surface area contributed by atoms with Crippen molar-refractivity contribution in [2.24, 2.45) is 0 Å². The van der Waals surface area contributed by atoms with E-state index in [-0.39, 0.29) is 6.42 Å². The van der Waals surface area contributed by atoms with Crippen molar-refractivity contribution in [3.8, 4) is 0 Å². The van der Waals surface area contributed by atoms with Crippen molar-refractivity contribution < 1.29 is 31.4 Å². The molecule has 0 amide bonds. The Morgan fingerprint density at radius 1 is 1.62 bits per heavy atom. The van der Waals surface area contributed by atoms with Gasteiger partial charge in [-0.3, -0.25) is 0 Å². The molecule has 0 radical (unpaired) electrons. The third kappa shape index (κ3) is 2.62. The number of carbonyl (C=O) groups is 1. The highest BCUT2D eigenvalue weighted by Crippen LogP contribution is 2.21. The summed E-state index contributed by atoms with van der Waals surface area (Å²) in [7, 11) is -4.37. The summed E-state index contributed by atoms with van der Waals surface area (Å²) in [6.07, 6.45) is -0.221. The van der Waals surface area contributed by atoms with Crippen molar-refractivity contribution in [1.29, 1.82) is 0 Å². The monoisotopic (exact) mass is 212 g/mol. The van der Waals surface area contributed by atoms with E-state index in [1.807, 2.05) is 0 Å². The SMILES string of the molecule is CCC1(O)OC(=O)COS(=O)(=O)O1. The van der Waals surface area contributed by atoms with E-state index >= 15 is 0 Å². The average molecular weight is 212 g/mol. The summed E-state index contributed by atoms with van der Waals surface area (Å²) in [5, 5.41) is 9.24. The molecule has 0 spiro atoms. The molecule has 1 aliphatic heterocycles. The Labute approximate surface area is 74.5 Å². The van der Waals surface area contributed by atoms with Crippen LogP contribution in [0.1, 0.15) is 13.3 Å². The van der Waals surface area contributed by atoms with E-state index in [1.165, 1.54) is 6.92 Å². The molecule has 13 heavy (non-hydrogen) atoms. The maximum atomic E-state index is 10.8. The first kappa shape index (κ1) is 10.4. The number of aliphatic hydroxyl groups is 1. The van der Waals surface area contributed by atoms with E-state index in [0.29, 0.717) is 0 Å². The molecule has 0 aromatic heterocycles. The summed E-state index contributed by atoms with van der Waals surface area (Å²) in [6, 6.07) is 0. The topological polar surface area (TPSA) is 99.1 Å². The zero-order chi connectivity index (χ0) is 10.1. The molecule has 1 fully saturated rings. The van der Waals surface area contributed by atoms with Crippen LogP contribution in [0.3, 0.4) is 0 Å². The number of hydrogen-bond donors (Lipinski definition) is 1. The maximum Gasteiger partial charge on any atom is 0.405 e. The predicted octanol–water partition coefficient (Wildman–Crippen LogP) is -1.12. The molecule has 0 aromatic rings. The Hall–Kier alpha value is -0.700. The second-order valence-corrected chi connectivity index (χ2v) is 3.51. The highest BCUT2D eigenvalue weighted by Gasteiger charge is 2.40. The van der Waals surface area contributed by atoms with Gasteiger partial charge in [0, 0.05) is 6.42 Å². The molecule has 0 saturated carbocycles. The molecule has 0 aromatic carbocycles. The normalized spacial score (nSPS) is 33.5. The lowest BCUT2D eigenvalue weighted by atomic mass is 10.4. The minimum Gasteiger partial charge on any atom is -0.405 e. The first-order chi connectivity index (χ1) is 5.87. The van der Waals surface area contributed by atoms with Gasteiger partial charge in [-0.25, -0.2) is 8.98 Å². The molecule has 1 heterocycles. The van der Waals surface area contributed by atoms with Crippen molar-refractivity contribution in [2.75, 3.05) is 6.61 Å². The molecule has 8 heteroatoms. The zero-order valence-electron chi connectivity index (χ0n) is 6.72. The summed E-state index contributed by atoms with van der Waals surface area (Å²) in [4.78, 5) is 10.7. The second-order valence-electron chi connectivity index (χ2n) is 2.29. The number of cyclic esters (lactones) is 1. The number of carbonyl (C=O) groups excluding carboxylic acids is 1. The number of esters is 1. The van der Waals surface area contributed by atoms with E-state index in [2.05, 4.69) is 13.1 Å². The van der Waals surface area contributed by atoms with Crippen molar-refractivity contribution in [3.05, 3.63) is 0 Å². The van der Waals surface area contributed by atoms with Crippen LogP contribution in [-0.4, -0.2) is 32.1 Å². The Morgan fingerprint density at radius 2 is 2.23 bits per heavy atom. The summed E-state index contributed by atoms with van der Waals surface area (Å²) < 4.78 is 33.9. The third-order valence-corrected chi connectivity index (χ3v) is 2.14. The van der Waals surface area contributed by atoms with E-state index < -0.39 is 28.9 Å². The van der Waals surface area contributed by atoms with Crippen LogP contribution in [0, 0.1) is 0 Å². The van der Waals surface area contributed by atoms with E-state index in [9.17, 15) is 18.3 Å². The van der Waals surface area contributed by atoms with Crippen LogP contribution in [-0.2, 0) is 28.3 Å². The van der Waals surface area contributed by atoms with Gasteiger partial charge < -0.3 is 9.84 Å². The lowest BCUT2D eigenvalue weighted by Crippen LogP contribution is -2.37. The lowest BCUT2D eigenvalue weighted by Gasteiger charge is -2.20. The first-order valence-corrected chi connectivity index (χ1v) is 4.74. The Morgan fingerprint density at radius 3 is 2.77 bits per heavy atom. The van der Waals surface area contributed by atoms with E-state index in [1.54, 1.807) is 0 Å². The van der Waals surface area contributed by atoms with Gasteiger partial charge in [-0.1, -0.05) is 6.92 Å². The van der Waals surface area contributed by atoms with Gasteiger partial charge in [-0.15, -0.1) is 0 Å². The maximum absolute atomic E-state index is 10.8. The van der Waals surface area contributed by atoms with Crippen LogP contribution < -0.4 is 0 Å². The van der Waals surface area contributed by atoms with Gasteiger partial charge >= 0.3 is 22.3 Å². The highest BCUT2D eigenvalue weighted by atomic mass is 32.3. The van der Waals surface area contributed by atoms with Crippen molar-refractivity contribution in [3.63, 3.8) is 0 Å². The second kappa shape index (κ2) is 3.22. The van der Waals surface area contributed by atoms with Gasteiger partial charge in [0.05, 0.1) is 0 Å². The fourth-order valence-corrected chi connectivity index (χ4v) is 1.42. The summed E-state index contributed by atoms with van der Waals surface area (Å²) in [5.74, 6) is -3.46. The van der Waals surface area contributed by atoms with E-state index in [4.69, 9.17) is 0 Å². The average Bonchev–Trinajstić information content (AvgIpc) is 2.09. The van der Waals surface area contributed by atoms with Crippen molar-refractivity contribution >= 4 is 16.4 Å². The van der Waals surface area contributed by atoms with Crippen LogP contribution >= 0.6 is 0 Å². The number of rotatable bonds is 1. The third-order valence-electron chi connectivity index (χ3n) is 1.27. The van der Waals surface area contributed by atoms with Gasteiger partial charge in [0.15, 0.2) is 6.61 Å². The molecule has 1 N–H and O–H groups in total. The fourth-order valence-electron chi connectivity index (χ4n) is 0.659. The lowest BCUT2D eigenvalue weighted by molar-refractivity contribution is -0.298. The standard InChI is InChI=1S/C5H8O7S/c1-2-5(7)11-4(6)3-10-13(8,9)12-5/h7H,2-3H2,1H3. The zero-order valence-corrected chi connectivity index (χ0v) is 7.54. The van der Waals surface area contributed by atoms with Crippen LogP contribution in [0.2, 0.25) is 0 Å². The van der Waals surface area contributed by atoms with Gasteiger partial charge in [-0.05, 0) is 0 Å². The molecule has 1 atom stereocenters. The minimum absolute atomic E-state index is 0.221. The van der Waals surface area contributed by atoms with Crippen LogP contribution in [0.15, 0.2) is 0 Å². The number of ether oxygens (including phenoxy) is 1. The van der Waals surface area contributed by atoms with Crippen molar-refractivity contribution in [2.45, 2.75) is 19.3 Å². The smallest absolute Gasteiger partial charge is 0.405 e. The van der Waals surface area contributed by atoms with Gasteiger partial charge in [-0.2, -0.15) is 12.6 Å². The van der Waals surface area contributed by atoms with Crippen molar-refractivity contribution in [1.82, 2.24) is 0 Å². The molecule has 1 rings (SSSR count). The molecule has 1 unspecified atom stereocenters. The van der Waals surface area contributed by atoms with Crippen LogP contribution in [0.25, 0.3) is 0 Å². The molecule has 0 bridgehead atoms. The minimum atomic E-state index is -4.37. The van der Waals surface area contributed by atoms with Crippen LogP contribution in [0.5, 0.6) is 0 Å². The summed E-state index contributed by atoms with van der Waals surface area (Å²) in [5.41, 5.74) is 0. The molecule has 7 nitrogen and oxygen atoms in total. The fraction of sp³-hybridized carbons (Fsp3) is 0.800. The Bertz CT molecular complexity index is 307. The molecular formula is C5H8O7S. The molecule has 1 saturated heterocycles. The Balaban J connectivity index is 2.94. The summed E-state index contributed by atoms with van der Waals surface area (Å²) in [6.45, 7) is 0.582. The first-order valence-electron chi connectivity index (χ1n) is 3.41. The molecular weight excluding hydrogens is 204 g/mol. The van der Waals surface area contributed by atoms with Crippen LogP contribution in [0.4, 0.5) is 0 Å². The predicted molar refractivity (Wildman–Crippen MR) is 37.3 cm³/mol. The largest absolute Gasteiger partial charge is 0.405 e.